The second-order valence-corrected chi connectivity index (χ2v) is 8.88. The van der Waals surface area contributed by atoms with Crippen LogP contribution in [0.5, 0.6) is 11.5 Å². The highest BCUT2D eigenvalue weighted by molar-refractivity contribution is 5.97. The van der Waals surface area contributed by atoms with E-state index >= 15 is 0 Å². The molecule has 1 saturated heterocycles. The van der Waals surface area contributed by atoms with Crippen molar-refractivity contribution in [1.82, 2.24) is 9.55 Å². The van der Waals surface area contributed by atoms with Gasteiger partial charge in [-0.15, -0.1) is 0 Å². The molecule has 6 heteroatoms. The molecule has 1 aliphatic heterocycles. The first kappa shape index (κ1) is 23.0. The van der Waals surface area contributed by atoms with Gasteiger partial charge in [-0.2, -0.15) is 0 Å². The van der Waals surface area contributed by atoms with Crippen molar-refractivity contribution in [3.63, 3.8) is 0 Å². The summed E-state index contributed by atoms with van der Waals surface area (Å²) >= 11 is 0. The monoisotopic (exact) mass is 469 g/mol. The van der Waals surface area contributed by atoms with Crippen LogP contribution >= 0.6 is 0 Å². The minimum Gasteiger partial charge on any atom is -0.493 e. The van der Waals surface area contributed by atoms with Gasteiger partial charge in [-0.1, -0.05) is 42.5 Å². The van der Waals surface area contributed by atoms with E-state index in [1.54, 1.807) is 0 Å². The van der Waals surface area contributed by atoms with Gasteiger partial charge in [0.25, 0.3) is 0 Å². The Bertz CT molecular complexity index is 1330. The Hall–Kier alpha value is -3.80. The predicted molar refractivity (Wildman–Crippen MR) is 138 cm³/mol. The fourth-order valence-corrected chi connectivity index (χ4v) is 4.84. The molecule has 0 N–H and O–H groups in total. The molecule has 4 aromatic rings. The Balaban J connectivity index is 1.36. The molecule has 0 radical (unpaired) electrons. The van der Waals surface area contributed by atoms with E-state index in [1.165, 1.54) is 0 Å². The van der Waals surface area contributed by atoms with Crippen molar-refractivity contribution in [1.29, 1.82) is 0 Å². The second-order valence-electron chi connectivity index (χ2n) is 8.88. The maximum Gasteiger partial charge on any atom is 0.227 e. The van der Waals surface area contributed by atoms with Crippen LogP contribution in [-0.2, 0) is 11.3 Å². The standard InChI is InChI=1S/C29H31N3O3/c1-3-34-27-16-9-7-14-25(27)32-20-22(19-28(32)33)29-30-23-12-5-6-13-24(23)31(29)17-10-18-35-26-15-8-4-11-21(26)2/h4-9,11-16,22H,3,10,17-20H2,1-2H3/t22-/m1/s1. The molecule has 35 heavy (non-hydrogen) atoms. The molecule has 0 saturated carbocycles. The zero-order chi connectivity index (χ0) is 24.2. The molecule has 180 valence electrons. The number of aryl methyl sites for hydroxylation is 2. The van der Waals surface area contributed by atoms with E-state index in [2.05, 4.69) is 23.6 Å². The highest BCUT2D eigenvalue weighted by Gasteiger charge is 2.35. The summed E-state index contributed by atoms with van der Waals surface area (Å²) in [4.78, 5) is 19.9. The quantitative estimate of drug-likeness (QED) is 0.294. The van der Waals surface area contributed by atoms with Gasteiger partial charge in [-0.25, -0.2) is 4.98 Å². The summed E-state index contributed by atoms with van der Waals surface area (Å²) in [6.45, 7) is 6.56. The Morgan fingerprint density at radius 3 is 2.51 bits per heavy atom. The minimum atomic E-state index is 0.0156. The third-order valence-electron chi connectivity index (χ3n) is 6.51. The number of para-hydroxylation sites is 5. The van der Waals surface area contributed by atoms with Crippen molar-refractivity contribution in [2.45, 2.75) is 39.2 Å². The first-order valence-corrected chi connectivity index (χ1v) is 12.3. The van der Waals surface area contributed by atoms with Crippen LogP contribution < -0.4 is 14.4 Å². The van der Waals surface area contributed by atoms with E-state index < -0.39 is 0 Å². The molecule has 0 unspecified atom stereocenters. The summed E-state index contributed by atoms with van der Waals surface area (Å²) in [7, 11) is 0. The SMILES string of the molecule is CCOc1ccccc1N1C[C@H](c2nc3ccccc3n2CCCOc2ccccc2C)CC1=O. The highest BCUT2D eigenvalue weighted by Crippen LogP contribution is 2.37. The molecule has 1 aromatic heterocycles. The number of anilines is 1. The summed E-state index contributed by atoms with van der Waals surface area (Å²) in [5.74, 6) is 2.75. The first-order chi connectivity index (χ1) is 17.2. The Morgan fingerprint density at radius 1 is 0.943 bits per heavy atom. The number of fused-ring (bicyclic) bond motifs is 1. The van der Waals surface area contributed by atoms with Crippen molar-refractivity contribution >= 4 is 22.6 Å². The van der Waals surface area contributed by atoms with Crippen LogP contribution in [-0.4, -0.2) is 35.2 Å². The zero-order valence-corrected chi connectivity index (χ0v) is 20.3. The Labute approximate surface area is 206 Å². The Morgan fingerprint density at radius 2 is 1.69 bits per heavy atom. The number of amides is 1. The fraction of sp³-hybridized carbons (Fsp3) is 0.310. The molecular formula is C29H31N3O3. The van der Waals surface area contributed by atoms with Crippen LogP contribution in [0.2, 0.25) is 0 Å². The van der Waals surface area contributed by atoms with Gasteiger partial charge in [-0.3, -0.25) is 4.79 Å². The van der Waals surface area contributed by atoms with Gasteiger partial charge in [0.2, 0.25) is 5.91 Å². The van der Waals surface area contributed by atoms with E-state index in [9.17, 15) is 4.79 Å². The molecule has 6 nitrogen and oxygen atoms in total. The summed E-state index contributed by atoms with van der Waals surface area (Å²) < 4.78 is 14.1. The number of nitrogens with zero attached hydrogens (tertiary/aromatic N) is 3. The van der Waals surface area contributed by atoms with E-state index in [0.717, 1.165) is 52.6 Å². The minimum absolute atomic E-state index is 0.0156. The van der Waals surface area contributed by atoms with Crippen LogP contribution in [0.15, 0.2) is 72.8 Å². The molecule has 0 bridgehead atoms. The molecule has 0 aliphatic carbocycles. The van der Waals surface area contributed by atoms with Crippen molar-refractivity contribution < 1.29 is 14.3 Å². The van der Waals surface area contributed by atoms with E-state index in [1.807, 2.05) is 72.5 Å². The van der Waals surface area contributed by atoms with Gasteiger partial charge in [0.15, 0.2) is 0 Å². The molecule has 1 aliphatic rings. The lowest BCUT2D eigenvalue weighted by atomic mass is 10.1. The average molecular weight is 470 g/mol. The number of ether oxygens (including phenoxy) is 2. The maximum atomic E-state index is 13.1. The van der Waals surface area contributed by atoms with Crippen LogP contribution in [0.4, 0.5) is 5.69 Å². The van der Waals surface area contributed by atoms with Crippen LogP contribution in [0, 0.1) is 6.92 Å². The smallest absolute Gasteiger partial charge is 0.227 e. The lowest BCUT2D eigenvalue weighted by Gasteiger charge is -2.20. The van der Waals surface area contributed by atoms with Crippen molar-refractivity contribution in [2.75, 3.05) is 24.7 Å². The first-order valence-electron chi connectivity index (χ1n) is 12.3. The Kier molecular flexibility index (Phi) is 6.70. The number of carbonyl (C=O) groups excluding carboxylic acids is 1. The van der Waals surface area contributed by atoms with Crippen LogP contribution in [0.3, 0.4) is 0 Å². The molecule has 5 rings (SSSR count). The van der Waals surface area contributed by atoms with Crippen molar-refractivity contribution in [2.24, 2.45) is 0 Å². The summed E-state index contributed by atoms with van der Waals surface area (Å²) in [5, 5.41) is 0. The predicted octanol–water partition coefficient (Wildman–Crippen LogP) is 5.73. The van der Waals surface area contributed by atoms with Gasteiger partial charge in [0.05, 0.1) is 29.9 Å². The zero-order valence-electron chi connectivity index (χ0n) is 20.3. The number of imidazole rings is 1. The molecule has 1 fully saturated rings. The van der Waals surface area contributed by atoms with Crippen LogP contribution in [0.25, 0.3) is 11.0 Å². The lowest BCUT2D eigenvalue weighted by Crippen LogP contribution is -2.25. The van der Waals surface area contributed by atoms with Gasteiger partial charge in [0.1, 0.15) is 17.3 Å². The maximum absolute atomic E-state index is 13.1. The number of hydrogen-bond acceptors (Lipinski definition) is 4. The number of carbonyl (C=O) groups is 1. The molecule has 0 spiro atoms. The highest BCUT2D eigenvalue weighted by atomic mass is 16.5. The molecule has 1 atom stereocenters. The van der Waals surface area contributed by atoms with Crippen LogP contribution in [0.1, 0.15) is 37.1 Å². The number of rotatable bonds is 9. The summed E-state index contributed by atoms with van der Waals surface area (Å²) in [6.07, 6.45) is 1.28. The summed E-state index contributed by atoms with van der Waals surface area (Å²) in [6, 6.07) is 24.0. The van der Waals surface area contributed by atoms with Crippen molar-refractivity contribution in [3.05, 3.63) is 84.2 Å². The number of hydrogen-bond donors (Lipinski definition) is 0. The van der Waals surface area contributed by atoms with Gasteiger partial charge in [0, 0.05) is 25.4 Å². The summed E-state index contributed by atoms with van der Waals surface area (Å²) in [5.41, 5.74) is 4.02. The van der Waals surface area contributed by atoms with E-state index in [4.69, 9.17) is 14.5 Å². The number of aromatic nitrogens is 2. The molecule has 2 heterocycles. The molecule has 3 aromatic carbocycles. The van der Waals surface area contributed by atoms with Gasteiger partial charge >= 0.3 is 0 Å². The largest absolute Gasteiger partial charge is 0.493 e. The second kappa shape index (κ2) is 10.2. The topological polar surface area (TPSA) is 56.6 Å². The van der Waals surface area contributed by atoms with Gasteiger partial charge < -0.3 is 18.9 Å². The van der Waals surface area contributed by atoms with E-state index in [-0.39, 0.29) is 11.8 Å². The third kappa shape index (κ3) is 4.74. The van der Waals surface area contributed by atoms with Crippen molar-refractivity contribution in [3.8, 4) is 11.5 Å². The number of benzene rings is 3. The third-order valence-corrected chi connectivity index (χ3v) is 6.51. The lowest BCUT2D eigenvalue weighted by molar-refractivity contribution is -0.117. The molecular weight excluding hydrogens is 438 g/mol. The van der Waals surface area contributed by atoms with E-state index in [0.29, 0.717) is 26.2 Å². The fourth-order valence-electron chi connectivity index (χ4n) is 4.84. The van der Waals surface area contributed by atoms with Gasteiger partial charge in [-0.05, 0) is 56.2 Å². The normalized spacial score (nSPS) is 15.7. The average Bonchev–Trinajstić information content (AvgIpc) is 3.44. The molecule has 1 amide bonds.